The first-order valence-electron chi connectivity index (χ1n) is 6.50. The van der Waals surface area contributed by atoms with Gasteiger partial charge in [0, 0.05) is 6.54 Å². The van der Waals surface area contributed by atoms with Crippen LogP contribution in [0.2, 0.25) is 0 Å². The van der Waals surface area contributed by atoms with Gasteiger partial charge in [-0.05, 0) is 38.4 Å². The van der Waals surface area contributed by atoms with Crippen molar-refractivity contribution in [1.29, 1.82) is 0 Å². The molecule has 1 aliphatic rings. The maximum atomic E-state index is 11.2. The molecule has 19 heavy (non-hydrogen) atoms. The number of piperidine rings is 1. The molecule has 0 aliphatic carbocycles. The molecular weight excluding hydrogens is 248 g/mol. The normalized spacial score (nSPS) is 18.9. The SMILES string of the molecule is CCOc1cccc(O[C@H]2CCCNC2)c1[N+](=O)[O-]. The topological polar surface area (TPSA) is 73.6 Å². The average molecular weight is 266 g/mol. The number of nitrogens with zero attached hydrogens (tertiary/aromatic N) is 1. The third-order valence-corrected chi connectivity index (χ3v) is 2.99. The lowest BCUT2D eigenvalue weighted by atomic mass is 10.1. The van der Waals surface area contributed by atoms with Crippen molar-refractivity contribution in [3.63, 3.8) is 0 Å². The molecule has 1 aromatic rings. The molecule has 1 heterocycles. The second kappa shape index (κ2) is 6.38. The Labute approximate surface area is 111 Å². The Balaban J connectivity index is 2.22. The van der Waals surface area contributed by atoms with Crippen molar-refractivity contribution < 1.29 is 14.4 Å². The van der Waals surface area contributed by atoms with E-state index < -0.39 is 4.92 Å². The second-order valence-electron chi connectivity index (χ2n) is 4.38. The van der Waals surface area contributed by atoms with E-state index in [2.05, 4.69) is 5.32 Å². The highest BCUT2D eigenvalue weighted by molar-refractivity contribution is 5.57. The van der Waals surface area contributed by atoms with Crippen LogP contribution < -0.4 is 14.8 Å². The summed E-state index contributed by atoms with van der Waals surface area (Å²) in [4.78, 5) is 10.7. The van der Waals surface area contributed by atoms with Crippen molar-refractivity contribution in [2.45, 2.75) is 25.9 Å². The van der Waals surface area contributed by atoms with Gasteiger partial charge in [-0.15, -0.1) is 0 Å². The third-order valence-electron chi connectivity index (χ3n) is 2.99. The first kappa shape index (κ1) is 13.6. The molecule has 0 aromatic heterocycles. The van der Waals surface area contributed by atoms with Crippen LogP contribution in [-0.2, 0) is 0 Å². The van der Waals surface area contributed by atoms with Gasteiger partial charge in [-0.2, -0.15) is 0 Å². The summed E-state index contributed by atoms with van der Waals surface area (Å²) in [6.07, 6.45) is 1.90. The van der Waals surface area contributed by atoms with Crippen molar-refractivity contribution in [1.82, 2.24) is 5.32 Å². The first-order chi connectivity index (χ1) is 9.22. The fourth-order valence-electron chi connectivity index (χ4n) is 2.15. The maximum Gasteiger partial charge on any atom is 0.352 e. The Kier molecular flexibility index (Phi) is 4.57. The molecule has 6 nitrogen and oxygen atoms in total. The highest BCUT2D eigenvalue weighted by atomic mass is 16.6. The minimum absolute atomic E-state index is 0.0238. The lowest BCUT2D eigenvalue weighted by molar-refractivity contribution is -0.387. The Morgan fingerprint density at radius 1 is 1.47 bits per heavy atom. The largest absolute Gasteiger partial charge is 0.487 e. The van der Waals surface area contributed by atoms with E-state index in [-0.39, 0.29) is 23.3 Å². The van der Waals surface area contributed by atoms with E-state index in [9.17, 15) is 10.1 Å². The number of nitrogens with one attached hydrogen (secondary N) is 1. The van der Waals surface area contributed by atoms with Gasteiger partial charge in [-0.3, -0.25) is 10.1 Å². The van der Waals surface area contributed by atoms with Crippen LogP contribution in [0.5, 0.6) is 11.5 Å². The van der Waals surface area contributed by atoms with Gasteiger partial charge in [0.25, 0.3) is 0 Å². The molecule has 6 heteroatoms. The van der Waals surface area contributed by atoms with Crippen LogP contribution in [0.3, 0.4) is 0 Å². The molecule has 0 bridgehead atoms. The number of ether oxygens (including phenoxy) is 2. The highest BCUT2D eigenvalue weighted by Gasteiger charge is 2.25. The zero-order valence-electron chi connectivity index (χ0n) is 10.9. The van der Waals surface area contributed by atoms with Crippen molar-refractivity contribution in [3.05, 3.63) is 28.3 Å². The molecule has 1 saturated heterocycles. The number of hydrogen-bond acceptors (Lipinski definition) is 5. The molecule has 1 fully saturated rings. The van der Waals surface area contributed by atoms with E-state index >= 15 is 0 Å². The van der Waals surface area contributed by atoms with Gasteiger partial charge in [-0.25, -0.2) is 0 Å². The smallest absolute Gasteiger partial charge is 0.352 e. The molecule has 1 aromatic carbocycles. The number of nitro groups is 1. The molecule has 1 N–H and O–H groups in total. The van der Waals surface area contributed by atoms with Gasteiger partial charge in [0.05, 0.1) is 11.5 Å². The van der Waals surface area contributed by atoms with Crippen LogP contribution in [0.1, 0.15) is 19.8 Å². The molecule has 0 radical (unpaired) electrons. The summed E-state index contributed by atoms with van der Waals surface area (Å²) in [5.41, 5.74) is -0.0880. The minimum Gasteiger partial charge on any atom is -0.487 e. The summed E-state index contributed by atoms with van der Waals surface area (Å²) in [6.45, 7) is 3.87. The standard InChI is InChI=1S/C13H18N2O4/c1-2-18-11-6-3-7-12(13(11)15(16)17)19-10-5-4-8-14-9-10/h3,6-7,10,14H,2,4-5,8-9H2,1H3/t10-/m0/s1. The van der Waals surface area contributed by atoms with Gasteiger partial charge in [0.1, 0.15) is 6.10 Å². The zero-order valence-corrected chi connectivity index (χ0v) is 10.9. The number of rotatable bonds is 5. The molecular formula is C13H18N2O4. The lowest BCUT2D eigenvalue weighted by Crippen LogP contribution is -2.37. The molecule has 1 atom stereocenters. The van der Waals surface area contributed by atoms with Gasteiger partial charge in [-0.1, -0.05) is 6.07 Å². The third kappa shape index (κ3) is 3.35. The molecule has 0 spiro atoms. The number of benzene rings is 1. The van der Waals surface area contributed by atoms with Crippen LogP contribution in [0, 0.1) is 10.1 Å². The maximum absolute atomic E-state index is 11.2. The number of hydrogen-bond donors (Lipinski definition) is 1. The van der Waals surface area contributed by atoms with E-state index in [0.29, 0.717) is 6.61 Å². The van der Waals surface area contributed by atoms with Crippen molar-refractivity contribution in [2.75, 3.05) is 19.7 Å². The molecule has 2 rings (SSSR count). The monoisotopic (exact) mass is 266 g/mol. The summed E-state index contributed by atoms with van der Waals surface area (Å²) >= 11 is 0. The first-order valence-corrected chi connectivity index (χ1v) is 6.50. The Morgan fingerprint density at radius 3 is 2.89 bits per heavy atom. The van der Waals surface area contributed by atoms with E-state index in [0.717, 1.165) is 25.9 Å². The van der Waals surface area contributed by atoms with E-state index in [1.165, 1.54) is 0 Å². The van der Waals surface area contributed by atoms with Gasteiger partial charge in [0.15, 0.2) is 0 Å². The Bertz CT molecular complexity index is 444. The van der Waals surface area contributed by atoms with E-state index in [1.54, 1.807) is 25.1 Å². The van der Waals surface area contributed by atoms with Crippen molar-refractivity contribution >= 4 is 5.69 Å². The van der Waals surface area contributed by atoms with Crippen LogP contribution in [0.4, 0.5) is 5.69 Å². The predicted octanol–water partition coefficient (Wildman–Crippen LogP) is 2.12. The van der Waals surface area contributed by atoms with E-state index in [4.69, 9.17) is 9.47 Å². The van der Waals surface area contributed by atoms with Crippen molar-refractivity contribution in [2.24, 2.45) is 0 Å². The highest BCUT2D eigenvalue weighted by Crippen LogP contribution is 2.37. The molecule has 0 unspecified atom stereocenters. The summed E-state index contributed by atoms with van der Waals surface area (Å²) in [5, 5.41) is 14.4. The summed E-state index contributed by atoms with van der Waals surface area (Å²) in [6, 6.07) is 4.92. The quantitative estimate of drug-likeness (QED) is 0.652. The average Bonchev–Trinajstić information content (AvgIpc) is 2.40. The Hall–Kier alpha value is -1.82. The van der Waals surface area contributed by atoms with Gasteiger partial charge in [0.2, 0.25) is 11.5 Å². The molecule has 0 saturated carbocycles. The molecule has 0 amide bonds. The van der Waals surface area contributed by atoms with E-state index in [1.807, 2.05) is 0 Å². The summed E-state index contributed by atoms with van der Waals surface area (Å²) in [7, 11) is 0. The van der Waals surface area contributed by atoms with Crippen LogP contribution in [0.15, 0.2) is 18.2 Å². The predicted molar refractivity (Wildman–Crippen MR) is 70.8 cm³/mol. The second-order valence-corrected chi connectivity index (χ2v) is 4.38. The van der Waals surface area contributed by atoms with Crippen LogP contribution >= 0.6 is 0 Å². The molecule has 104 valence electrons. The fraction of sp³-hybridized carbons (Fsp3) is 0.538. The minimum atomic E-state index is -0.448. The Morgan fingerprint density at radius 2 is 2.26 bits per heavy atom. The zero-order chi connectivity index (χ0) is 13.7. The number of nitro benzene ring substituents is 1. The van der Waals surface area contributed by atoms with Gasteiger partial charge < -0.3 is 14.8 Å². The lowest BCUT2D eigenvalue weighted by Gasteiger charge is -2.23. The summed E-state index contributed by atoms with van der Waals surface area (Å²) < 4.78 is 11.0. The molecule has 1 aliphatic heterocycles. The van der Waals surface area contributed by atoms with Crippen molar-refractivity contribution in [3.8, 4) is 11.5 Å². The fourth-order valence-corrected chi connectivity index (χ4v) is 2.15. The van der Waals surface area contributed by atoms with Crippen LogP contribution in [0.25, 0.3) is 0 Å². The van der Waals surface area contributed by atoms with Crippen LogP contribution in [-0.4, -0.2) is 30.7 Å². The van der Waals surface area contributed by atoms with Gasteiger partial charge >= 0.3 is 5.69 Å². The summed E-state index contributed by atoms with van der Waals surface area (Å²) in [5.74, 6) is 0.540. The number of para-hydroxylation sites is 1.